The molecule has 0 aliphatic heterocycles. The summed E-state index contributed by atoms with van der Waals surface area (Å²) in [6.07, 6.45) is 0. The highest BCUT2D eigenvalue weighted by atomic mass is 35.5. The van der Waals surface area contributed by atoms with Crippen LogP contribution in [0.4, 0.5) is 17.1 Å². The Kier molecular flexibility index (Phi) is 6.87. The van der Waals surface area contributed by atoms with E-state index in [0.717, 1.165) is 0 Å². The molecule has 5 nitrogen and oxygen atoms in total. The van der Waals surface area contributed by atoms with Gasteiger partial charge in [0.2, 0.25) is 0 Å². The zero-order valence-electron chi connectivity index (χ0n) is 14.6. The second kappa shape index (κ2) is 9.19. The summed E-state index contributed by atoms with van der Waals surface area (Å²) in [5.74, 6) is 0. The topological polar surface area (TPSA) is 70.2 Å². The Morgan fingerprint density at radius 2 is 1.38 bits per heavy atom. The van der Waals surface area contributed by atoms with E-state index >= 15 is 0 Å². The van der Waals surface area contributed by atoms with Gasteiger partial charge in [-0.25, -0.2) is 8.42 Å². The molecule has 0 aliphatic rings. The van der Waals surface area contributed by atoms with Crippen molar-refractivity contribution in [2.45, 2.75) is 4.90 Å². The van der Waals surface area contributed by atoms with Crippen LogP contribution >= 0.6 is 47.0 Å². The standard InChI is InChI=1S/C19H14Cl3N3O2S2/c20-15-10-7-13(11-17(15)22)24-19(28)23-12-5-8-14(9-6-12)29(26,27)25-18-4-2-1-3-16(18)21/h1-11,25H,(H2,23,24,28). The lowest BCUT2D eigenvalue weighted by atomic mass is 10.3. The first-order valence-electron chi connectivity index (χ1n) is 8.15. The van der Waals surface area contributed by atoms with Gasteiger partial charge in [-0.15, -0.1) is 0 Å². The van der Waals surface area contributed by atoms with E-state index in [9.17, 15) is 8.42 Å². The number of hydrogen-bond acceptors (Lipinski definition) is 3. The van der Waals surface area contributed by atoms with Gasteiger partial charge in [0.1, 0.15) is 0 Å². The Hall–Kier alpha value is -2.03. The zero-order valence-corrected chi connectivity index (χ0v) is 18.5. The number of rotatable bonds is 5. The van der Waals surface area contributed by atoms with E-state index in [1.54, 1.807) is 54.6 Å². The fraction of sp³-hybridized carbons (Fsp3) is 0. The van der Waals surface area contributed by atoms with Crippen molar-refractivity contribution in [3.05, 3.63) is 81.8 Å². The number of thiocarbonyl (C=S) groups is 1. The summed E-state index contributed by atoms with van der Waals surface area (Å²) in [6.45, 7) is 0. The van der Waals surface area contributed by atoms with Gasteiger partial charge in [0.15, 0.2) is 5.11 Å². The van der Waals surface area contributed by atoms with Gasteiger partial charge in [-0.1, -0.05) is 46.9 Å². The van der Waals surface area contributed by atoms with Crippen molar-refractivity contribution < 1.29 is 8.42 Å². The molecule has 0 spiro atoms. The Labute approximate surface area is 189 Å². The molecule has 0 aromatic heterocycles. The first-order valence-corrected chi connectivity index (χ1v) is 11.2. The SMILES string of the molecule is O=S(=O)(Nc1ccccc1Cl)c1ccc(NC(=S)Nc2ccc(Cl)c(Cl)c2)cc1. The molecule has 0 atom stereocenters. The lowest BCUT2D eigenvalue weighted by molar-refractivity contribution is 0.601. The lowest BCUT2D eigenvalue weighted by Gasteiger charge is -2.12. The number of para-hydroxylation sites is 1. The molecule has 0 saturated carbocycles. The highest BCUT2D eigenvalue weighted by Gasteiger charge is 2.15. The Balaban J connectivity index is 1.67. The Morgan fingerprint density at radius 1 is 0.759 bits per heavy atom. The van der Waals surface area contributed by atoms with Crippen LogP contribution in [0, 0.1) is 0 Å². The number of benzene rings is 3. The molecule has 3 rings (SSSR count). The van der Waals surface area contributed by atoms with E-state index in [-0.39, 0.29) is 4.90 Å². The third-order valence-corrected chi connectivity index (χ3v) is 6.37. The molecule has 0 amide bonds. The van der Waals surface area contributed by atoms with Gasteiger partial charge >= 0.3 is 0 Å². The molecule has 10 heteroatoms. The van der Waals surface area contributed by atoms with Crippen molar-refractivity contribution in [2.24, 2.45) is 0 Å². The van der Waals surface area contributed by atoms with Crippen molar-refractivity contribution in [1.82, 2.24) is 0 Å². The third-order valence-electron chi connectivity index (χ3n) is 3.72. The molecule has 0 bridgehead atoms. The molecule has 3 N–H and O–H groups in total. The number of anilines is 3. The maximum Gasteiger partial charge on any atom is 0.261 e. The van der Waals surface area contributed by atoms with Gasteiger partial charge in [-0.05, 0) is 66.8 Å². The van der Waals surface area contributed by atoms with Gasteiger partial charge in [-0.3, -0.25) is 4.72 Å². The largest absolute Gasteiger partial charge is 0.332 e. The van der Waals surface area contributed by atoms with E-state index in [1.165, 1.54) is 12.1 Å². The van der Waals surface area contributed by atoms with Gasteiger partial charge in [0.05, 0.1) is 25.7 Å². The maximum atomic E-state index is 12.5. The normalized spacial score (nSPS) is 11.0. The zero-order chi connectivity index (χ0) is 21.0. The summed E-state index contributed by atoms with van der Waals surface area (Å²) >= 11 is 23.1. The van der Waals surface area contributed by atoms with Gasteiger partial charge in [-0.2, -0.15) is 0 Å². The quantitative estimate of drug-likeness (QED) is 0.371. The molecule has 3 aromatic carbocycles. The third kappa shape index (κ3) is 5.74. The molecule has 0 radical (unpaired) electrons. The predicted octanol–water partition coefficient (Wildman–Crippen LogP) is 6.26. The van der Waals surface area contributed by atoms with E-state index in [4.69, 9.17) is 47.0 Å². The summed E-state index contributed by atoms with van der Waals surface area (Å²) in [5, 5.41) is 7.42. The first-order chi connectivity index (χ1) is 13.7. The molecule has 3 aromatic rings. The summed E-state index contributed by atoms with van der Waals surface area (Å²) in [7, 11) is -3.78. The van der Waals surface area contributed by atoms with E-state index in [0.29, 0.717) is 37.2 Å². The minimum absolute atomic E-state index is 0.0892. The fourth-order valence-electron chi connectivity index (χ4n) is 2.33. The summed E-state index contributed by atoms with van der Waals surface area (Å²) in [6, 6.07) is 17.8. The monoisotopic (exact) mass is 485 g/mol. The van der Waals surface area contributed by atoms with Gasteiger partial charge in [0.25, 0.3) is 10.0 Å². The van der Waals surface area contributed by atoms with Crippen molar-refractivity contribution in [2.75, 3.05) is 15.4 Å². The number of hydrogen-bond donors (Lipinski definition) is 3. The molecule has 0 saturated heterocycles. The minimum Gasteiger partial charge on any atom is -0.332 e. The molecule has 29 heavy (non-hydrogen) atoms. The van der Waals surface area contributed by atoms with Crippen molar-refractivity contribution in [1.29, 1.82) is 0 Å². The van der Waals surface area contributed by atoms with Crippen LogP contribution in [0.2, 0.25) is 15.1 Å². The summed E-state index contributed by atoms with van der Waals surface area (Å²) in [5.41, 5.74) is 1.59. The van der Waals surface area contributed by atoms with Gasteiger partial charge < -0.3 is 10.6 Å². The molecular formula is C19H14Cl3N3O2S2. The number of nitrogens with one attached hydrogen (secondary N) is 3. The molecule has 150 valence electrons. The van der Waals surface area contributed by atoms with Crippen LogP contribution in [0.25, 0.3) is 0 Å². The fourth-order valence-corrected chi connectivity index (χ4v) is 4.18. The van der Waals surface area contributed by atoms with Crippen molar-refractivity contribution in [3.8, 4) is 0 Å². The van der Waals surface area contributed by atoms with E-state index in [1.807, 2.05) is 0 Å². The number of sulfonamides is 1. The summed E-state index contributed by atoms with van der Waals surface area (Å²) < 4.78 is 27.5. The average molecular weight is 487 g/mol. The van der Waals surface area contributed by atoms with Crippen LogP contribution in [0.1, 0.15) is 0 Å². The molecule has 0 unspecified atom stereocenters. The highest BCUT2D eigenvalue weighted by Crippen LogP contribution is 2.26. The molecule has 0 fully saturated rings. The Morgan fingerprint density at radius 3 is 2.03 bits per heavy atom. The molecule has 0 aliphatic carbocycles. The second-order valence-electron chi connectivity index (χ2n) is 5.82. The van der Waals surface area contributed by atoms with Crippen LogP contribution in [-0.2, 0) is 10.0 Å². The minimum atomic E-state index is -3.78. The predicted molar refractivity (Wildman–Crippen MR) is 125 cm³/mol. The van der Waals surface area contributed by atoms with Crippen LogP contribution in [-0.4, -0.2) is 13.5 Å². The van der Waals surface area contributed by atoms with Crippen LogP contribution < -0.4 is 15.4 Å². The van der Waals surface area contributed by atoms with Crippen LogP contribution in [0.3, 0.4) is 0 Å². The van der Waals surface area contributed by atoms with E-state index < -0.39 is 10.0 Å². The van der Waals surface area contributed by atoms with Crippen molar-refractivity contribution in [3.63, 3.8) is 0 Å². The highest BCUT2D eigenvalue weighted by molar-refractivity contribution is 7.92. The maximum absolute atomic E-state index is 12.5. The molecule has 0 heterocycles. The lowest BCUT2D eigenvalue weighted by Crippen LogP contribution is -2.19. The van der Waals surface area contributed by atoms with Crippen molar-refractivity contribution >= 4 is 79.2 Å². The summed E-state index contributed by atoms with van der Waals surface area (Å²) in [4.78, 5) is 0.0892. The first kappa shape index (κ1) is 21.7. The smallest absolute Gasteiger partial charge is 0.261 e. The van der Waals surface area contributed by atoms with Gasteiger partial charge in [0, 0.05) is 11.4 Å². The van der Waals surface area contributed by atoms with Crippen LogP contribution in [0.15, 0.2) is 71.6 Å². The average Bonchev–Trinajstić information content (AvgIpc) is 2.67. The van der Waals surface area contributed by atoms with Crippen LogP contribution in [0.5, 0.6) is 0 Å². The Bertz CT molecular complexity index is 1150. The second-order valence-corrected chi connectivity index (χ2v) is 9.13. The molecular weight excluding hydrogens is 473 g/mol. The van der Waals surface area contributed by atoms with E-state index in [2.05, 4.69) is 15.4 Å². The number of halogens is 3.